The maximum atomic E-state index is 12.2. The molecule has 12 nitrogen and oxygen atoms in total. The molecule has 3 heterocycles. The number of fused-ring (bicyclic) bond motifs is 1. The summed E-state index contributed by atoms with van der Waals surface area (Å²) in [4.78, 5) is 26.4. The number of urea groups is 1. The number of aliphatic hydroxyl groups excluding tert-OH is 2. The average Bonchev–Trinajstić information content (AvgIpc) is 3.39. The van der Waals surface area contributed by atoms with Crippen molar-refractivity contribution in [2.75, 3.05) is 37.7 Å². The van der Waals surface area contributed by atoms with Gasteiger partial charge in [0.2, 0.25) is 0 Å². The number of benzene rings is 1. The van der Waals surface area contributed by atoms with Gasteiger partial charge >= 0.3 is 6.03 Å². The molecule has 2 amide bonds. The summed E-state index contributed by atoms with van der Waals surface area (Å²) in [5.41, 5.74) is 8.63. The van der Waals surface area contributed by atoms with Crippen molar-refractivity contribution in [1.82, 2.24) is 29.7 Å². The Balaban J connectivity index is 1.22. The zero-order valence-corrected chi connectivity index (χ0v) is 20.7. The molecular formula is C24H34N8O4. The number of ether oxygens (including phenoxy) is 1. The summed E-state index contributed by atoms with van der Waals surface area (Å²) in [5.74, 6) is 0.670. The van der Waals surface area contributed by atoms with E-state index >= 15 is 0 Å². The number of amides is 2. The van der Waals surface area contributed by atoms with E-state index in [1.165, 1.54) is 18.2 Å². The third-order valence-electron chi connectivity index (χ3n) is 6.33. The summed E-state index contributed by atoms with van der Waals surface area (Å²) < 4.78 is 7.54. The lowest BCUT2D eigenvalue weighted by atomic mass is 10.0. The third-order valence-corrected chi connectivity index (χ3v) is 6.33. The lowest BCUT2D eigenvalue weighted by molar-refractivity contribution is -0.0421. The van der Waals surface area contributed by atoms with E-state index in [0.717, 1.165) is 5.69 Å². The van der Waals surface area contributed by atoms with E-state index in [-0.39, 0.29) is 11.8 Å². The molecule has 4 atom stereocenters. The number of anilines is 2. The highest BCUT2D eigenvalue weighted by atomic mass is 16.6. The fraction of sp³-hybridized carbons (Fsp3) is 0.500. The number of nitrogens with zero attached hydrogens (tertiary/aromatic N) is 5. The van der Waals surface area contributed by atoms with Gasteiger partial charge in [-0.3, -0.25) is 4.57 Å². The van der Waals surface area contributed by atoms with Crippen LogP contribution in [0.4, 0.5) is 16.3 Å². The molecule has 1 aliphatic heterocycles. The average molecular weight is 499 g/mol. The molecule has 0 unspecified atom stereocenters. The van der Waals surface area contributed by atoms with E-state index in [1.54, 1.807) is 4.57 Å². The molecule has 0 bridgehead atoms. The second-order valence-corrected chi connectivity index (χ2v) is 9.40. The Morgan fingerprint density at radius 1 is 1.19 bits per heavy atom. The lowest BCUT2D eigenvalue weighted by Gasteiger charge is -2.22. The van der Waals surface area contributed by atoms with E-state index in [1.807, 2.05) is 36.2 Å². The van der Waals surface area contributed by atoms with Crippen molar-refractivity contribution in [2.24, 2.45) is 0 Å². The highest BCUT2D eigenvalue weighted by molar-refractivity contribution is 5.89. The standard InChI is InChI=1S/C24H34N8O4/c1-14(2)15-5-7-16(8-6-15)30-24(35)26-9-4-10-31(3)11-17-19(33)20(34)23(36-17)32-13-29-18-21(25)27-12-28-22(18)32/h5-8,12-14,17,19-20,23,33-34H,4,9-11H2,1-3H3,(H2,25,27,28)(H2,26,30,35)/t17-,19+,20-,23-/m1/s1. The number of nitrogens with one attached hydrogen (secondary N) is 2. The van der Waals surface area contributed by atoms with Gasteiger partial charge in [-0.05, 0) is 43.6 Å². The van der Waals surface area contributed by atoms with E-state index in [4.69, 9.17) is 10.5 Å². The van der Waals surface area contributed by atoms with Crippen LogP contribution < -0.4 is 16.4 Å². The van der Waals surface area contributed by atoms with E-state index in [2.05, 4.69) is 39.4 Å². The quantitative estimate of drug-likeness (QED) is 0.274. The topological polar surface area (TPSA) is 164 Å². The van der Waals surface area contributed by atoms with Gasteiger partial charge in [0.25, 0.3) is 0 Å². The Bertz CT molecular complexity index is 1170. The molecule has 1 aromatic carbocycles. The van der Waals surface area contributed by atoms with Crippen LogP contribution in [0.15, 0.2) is 36.9 Å². The van der Waals surface area contributed by atoms with Gasteiger partial charge < -0.3 is 36.2 Å². The number of nitrogen functional groups attached to an aromatic ring is 1. The number of carbonyl (C=O) groups is 1. The first kappa shape index (κ1) is 25.8. The number of aliphatic hydroxyl groups is 2. The van der Waals surface area contributed by atoms with Crippen LogP contribution >= 0.6 is 0 Å². The number of hydrogen-bond acceptors (Lipinski definition) is 9. The fourth-order valence-electron chi connectivity index (χ4n) is 4.24. The zero-order chi connectivity index (χ0) is 25.8. The van der Waals surface area contributed by atoms with Crippen LogP contribution in [0, 0.1) is 0 Å². The van der Waals surface area contributed by atoms with E-state index < -0.39 is 24.5 Å². The molecule has 1 saturated heterocycles. The highest BCUT2D eigenvalue weighted by Crippen LogP contribution is 2.32. The van der Waals surface area contributed by atoms with Crippen LogP contribution in [0.2, 0.25) is 0 Å². The van der Waals surface area contributed by atoms with Crippen LogP contribution in [-0.4, -0.2) is 85.7 Å². The summed E-state index contributed by atoms with van der Waals surface area (Å²) in [7, 11) is 1.90. The first-order chi connectivity index (χ1) is 17.2. The van der Waals surface area contributed by atoms with Crippen molar-refractivity contribution in [1.29, 1.82) is 0 Å². The number of aromatic nitrogens is 4. The van der Waals surface area contributed by atoms with Crippen LogP contribution in [0.25, 0.3) is 11.2 Å². The maximum absolute atomic E-state index is 12.2. The van der Waals surface area contributed by atoms with Gasteiger partial charge in [-0.15, -0.1) is 0 Å². The number of carbonyl (C=O) groups excluding carboxylic acids is 1. The molecule has 0 saturated carbocycles. The van der Waals surface area contributed by atoms with Crippen molar-refractivity contribution in [3.8, 4) is 0 Å². The minimum Gasteiger partial charge on any atom is -0.387 e. The van der Waals surface area contributed by atoms with Crippen molar-refractivity contribution >= 4 is 28.7 Å². The van der Waals surface area contributed by atoms with Gasteiger partial charge in [-0.25, -0.2) is 19.7 Å². The van der Waals surface area contributed by atoms with Gasteiger partial charge in [0.05, 0.1) is 6.33 Å². The molecule has 6 N–H and O–H groups in total. The Kier molecular flexibility index (Phi) is 7.99. The highest BCUT2D eigenvalue weighted by Gasteiger charge is 2.44. The normalized spacial score (nSPS) is 22.0. The third kappa shape index (κ3) is 5.73. The Hall–Kier alpha value is -3.32. The molecule has 0 radical (unpaired) electrons. The summed E-state index contributed by atoms with van der Waals surface area (Å²) in [5, 5.41) is 26.9. The fourth-order valence-corrected chi connectivity index (χ4v) is 4.24. The second-order valence-electron chi connectivity index (χ2n) is 9.40. The minimum atomic E-state index is -1.16. The van der Waals surface area contributed by atoms with Crippen LogP contribution in [0.1, 0.15) is 38.0 Å². The van der Waals surface area contributed by atoms with E-state index in [0.29, 0.717) is 43.1 Å². The molecule has 0 spiro atoms. The monoisotopic (exact) mass is 498 g/mol. The summed E-state index contributed by atoms with van der Waals surface area (Å²) in [6, 6.07) is 7.55. The predicted octanol–water partition coefficient (Wildman–Crippen LogP) is 1.29. The number of likely N-dealkylation sites (N-methyl/N-ethyl adjacent to an activating group) is 1. The minimum absolute atomic E-state index is 0.231. The number of imidazole rings is 1. The predicted molar refractivity (Wildman–Crippen MR) is 135 cm³/mol. The molecule has 4 rings (SSSR count). The molecule has 0 aliphatic carbocycles. The molecule has 12 heteroatoms. The van der Waals surface area contributed by atoms with Crippen LogP contribution in [0.3, 0.4) is 0 Å². The molecule has 2 aromatic heterocycles. The molecular weight excluding hydrogens is 464 g/mol. The van der Waals surface area contributed by atoms with Gasteiger partial charge in [-0.1, -0.05) is 26.0 Å². The lowest BCUT2D eigenvalue weighted by Crippen LogP contribution is -2.39. The molecule has 3 aromatic rings. The number of hydrogen-bond donors (Lipinski definition) is 5. The van der Waals surface area contributed by atoms with Crippen LogP contribution in [-0.2, 0) is 4.74 Å². The van der Waals surface area contributed by atoms with Gasteiger partial charge in [-0.2, -0.15) is 0 Å². The van der Waals surface area contributed by atoms with Crippen molar-refractivity contribution in [3.63, 3.8) is 0 Å². The largest absolute Gasteiger partial charge is 0.387 e. The zero-order valence-electron chi connectivity index (χ0n) is 20.7. The summed E-state index contributed by atoms with van der Waals surface area (Å²) >= 11 is 0. The molecule has 194 valence electrons. The Morgan fingerprint density at radius 3 is 2.67 bits per heavy atom. The Labute approximate surface area is 209 Å². The molecule has 1 aliphatic rings. The van der Waals surface area contributed by atoms with Crippen LogP contribution in [0.5, 0.6) is 0 Å². The molecule has 36 heavy (non-hydrogen) atoms. The van der Waals surface area contributed by atoms with Crippen molar-refractivity contribution in [2.45, 2.75) is 50.7 Å². The van der Waals surface area contributed by atoms with E-state index in [9.17, 15) is 15.0 Å². The molecule has 1 fully saturated rings. The van der Waals surface area contributed by atoms with Gasteiger partial charge in [0.15, 0.2) is 17.7 Å². The van der Waals surface area contributed by atoms with Gasteiger partial charge in [0, 0.05) is 18.8 Å². The Morgan fingerprint density at radius 2 is 1.94 bits per heavy atom. The number of nitrogens with two attached hydrogens (primary N) is 1. The maximum Gasteiger partial charge on any atom is 0.319 e. The summed E-state index contributed by atoms with van der Waals surface area (Å²) in [6.07, 6.45) is -0.216. The number of rotatable bonds is 9. The smallest absolute Gasteiger partial charge is 0.319 e. The second kappa shape index (κ2) is 11.2. The van der Waals surface area contributed by atoms with Crippen molar-refractivity contribution in [3.05, 3.63) is 42.5 Å². The first-order valence-corrected chi connectivity index (χ1v) is 12.0. The van der Waals surface area contributed by atoms with Crippen molar-refractivity contribution < 1.29 is 19.7 Å². The van der Waals surface area contributed by atoms with Gasteiger partial charge in [0.1, 0.15) is 30.2 Å². The first-order valence-electron chi connectivity index (χ1n) is 12.0. The SMILES string of the molecule is CC(C)c1ccc(NC(=O)NCCCN(C)C[C@H]2O[C@@H](n3cnc4c(N)ncnc43)[C@H](O)[C@H]2O)cc1. The summed E-state index contributed by atoms with van der Waals surface area (Å²) in [6.45, 7) is 5.79.